The van der Waals surface area contributed by atoms with Crippen molar-refractivity contribution >= 4 is 16.8 Å². The van der Waals surface area contributed by atoms with Crippen LogP contribution in [0, 0.1) is 5.41 Å². The summed E-state index contributed by atoms with van der Waals surface area (Å²) in [5, 5.41) is 18.3. The van der Waals surface area contributed by atoms with E-state index in [4.69, 9.17) is 4.74 Å². The number of para-hydroxylation sites is 1. The van der Waals surface area contributed by atoms with Gasteiger partial charge in [-0.1, -0.05) is 18.2 Å². The number of carbonyl (C=O) groups is 1. The summed E-state index contributed by atoms with van der Waals surface area (Å²) in [5.41, 5.74) is 0.827. The molecule has 2 aliphatic rings. The van der Waals surface area contributed by atoms with Crippen LogP contribution in [0.4, 0.5) is 0 Å². The second kappa shape index (κ2) is 5.29. The van der Waals surface area contributed by atoms with Crippen LogP contribution in [-0.2, 0) is 4.74 Å². The van der Waals surface area contributed by atoms with Crippen molar-refractivity contribution in [2.45, 2.75) is 37.9 Å². The van der Waals surface area contributed by atoms with Gasteiger partial charge in [-0.05, 0) is 25.8 Å². The zero-order valence-electron chi connectivity index (χ0n) is 14.1. The summed E-state index contributed by atoms with van der Waals surface area (Å²) in [6.45, 7) is 3.31. The summed E-state index contributed by atoms with van der Waals surface area (Å²) in [4.78, 5) is 14.7. The number of carbonyl (C=O) groups excluding carboxylic acids is 1. The fraction of sp³-hybridized carbons (Fsp3) is 0.556. The highest BCUT2D eigenvalue weighted by atomic mass is 16.5. The maximum absolute atomic E-state index is 12.9. The van der Waals surface area contributed by atoms with Gasteiger partial charge in [-0.3, -0.25) is 9.89 Å². The number of benzene rings is 1. The van der Waals surface area contributed by atoms with Crippen molar-refractivity contribution in [2.75, 3.05) is 20.2 Å². The number of aliphatic hydroxyl groups excluding tert-OH is 1. The van der Waals surface area contributed by atoms with Crippen LogP contribution in [0.25, 0.3) is 10.9 Å². The smallest absolute Gasteiger partial charge is 0.274 e. The minimum atomic E-state index is -0.342. The minimum Gasteiger partial charge on any atom is -0.392 e. The molecule has 2 heterocycles. The topological polar surface area (TPSA) is 78.5 Å². The number of aromatic amines is 1. The molecule has 2 aromatic rings. The van der Waals surface area contributed by atoms with Gasteiger partial charge in [0, 0.05) is 37.4 Å². The molecule has 1 aromatic heterocycles. The number of H-pyrrole nitrogens is 1. The van der Waals surface area contributed by atoms with E-state index in [-0.39, 0.29) is 23.0 Å². The molecule has 1 aliphatic heterocycles. The molecular formula is C18H23N3O3. The van der Waals surface area contributed by atoms with Crippen LogP contribution in [0.1, 0.15) is 36.7 Å². The summed E-state index contributed by atoms with van der Waals surface area (Å²) in [6.07, 6.45) is 1.84. The monoisotopic (exact) mass is 329 g/mol. The maximum Gasteiger partial charge on any atom is 0.274 e. The number of methoxy groups -OCH3 is 1. The van der Waals surface area contributed by atoms with Crippen LogP contribution in [0.15, 0.2) is 24.3 Å². The number of amides is 1. The fourth-order valence-electron chi connectivity index (χ4n) is 4.52. The van der Waals surface area contributed by atoms with Gasteiger partial charge in [0.05, 0.1) is 17.2 Å². The number of hydrogen-bond acceptors (Lipinski definition) is 4. The van der Waals surface area contributed by atoms with Crippen LogP contribution in [0.2, 0.25) is 0 Å². The van der Waals surface area contributed by atoms with E-state index in [1.54, 1.807) is 7.11 Å². The van der Waals surface area contributed by atoms with E-state index < -0.39 is 0 Å². The van der Waals surface area contributed by atoms with Gasteiger partial charge < -0.3 is 14.7 Å². The van der Waals surface area contributed by atoms with E-state index >= 15 is 0 Å². The predicted octanol–water partition coefficient (Wildman–Crippen LogP) is 1.95. The molecule has 1 saturated carbocycles. The lowest BCUT2D eigenvalue weighted by molar-refractivity contribution is -0.259. The van der Waals surface area contributed by atoms with Crippen molar-refractivity contribution < 1.29 is 14.6 Å². The van der Waals surface area contributed by atoms with E-state index in [1.165, 1.54) is 0 Å². The first-order valence-electron chi connectivity index (χ1n) is 8.46. The van der Waals surface area contributed by atoms with E-state index in [0.29, 0.717) is 25.2 Å². The Hall–Kier alpha value is -1.92. The highest BCUT2D eigenvalue weighted by Crippen LogP contribution is 2.58. The zero-order chi connectivity index (χ0) is 16.9. The third-order valence-corrected chi connectivity index (χ3v) is 6.34. The number of hydrogen-bond donors (Lipinski definition) is 2. The van der Waals surface area contributed by atoms with Gasteiger partial charge >= 0.3 is 0 Å². The summed E-state index contributed by atoms with van der Waals surface area (Å²) < 4.78 is 5.68. The molecule has 1 aromatic carbocycles. The number of fused-ring (bicyclic) bond motifs is 1. The fourth-order valence-corrected chi connectivity index (χ4v) is 4.52. The Kier molecular flexibility index (Phi) is 3.44. The quantitative estimate of drug-likeness (QED) is 0.883. The predicted molar refractivity (Wildman–Crippen MR) is 89.7 cm³/mol. The molecule has 1 aliphatic carbocycles. The molecular weight excluding hydrogens is 306 g/mol. The molecule has 128 valence electrons. The van der Waals surface area contributed by atoms with Gasteiger partial charge in [-0.25, -0.2) is 0 Å². The molecule has 2 N–H and O–H groups in total. The Bertz CT molecular complexity index is 779. The lowest BCUT2D eigenvalue weighted by Gasteiger charge is -2.62. The van der Waals surface area contributed by atoms with Crippen LogP contribution >= 0.6 is 0 Å². The third kappa shape index (κ3) is 1.96. The minimum absolute atomic E-state index is 0.0461. The Morgan fingerprint density at radius 3 is 2.75 bits per heavy atom. The Morgan fingerprint density at radius 2 is 2.08 bits per heavy atom. The van der Waals surface area contributed by atoms with E-state index in [0.717, 1.165) is 23.7 Å². The standard InChI is InChI=1S/C18H23N3O3/c1-17(24-2)11-14(22)18(17)7-9-21(10-8-18)16(23)15-12-5-3-4-6-13(12)19-20-15/h3-6,14,22H,7-11H2,1-2H3,(H,19,20). The summed E-state index contributed by atoms with van der Waals surface area (Å²) in [7, 11) is 1.71. The second-order valence-corrected chi connectivity index (χ2v) is 7.22. The number of aliphatic hydroxyl groups is 1. The normalized spacial score (nSPS) is 29.0. The van der Waals surface area contributed by atoms with Crippen molar-refractivity contribution in [1.82, 2.24) is 15.1 Å². The number of rotatable bonds is 2. The summed E-state index contributed by atoms with van der Waals surface area (Å²) in [5.74, 6) is -0.0461. The van der Waals surface area contributed by atoms with Crippen molar-refractivity contribution in [3.63, 3.8) is 0 Å². The summed E-state index contributed by atoms with van der Waals surface area (Å²) in [6, 6.07) is 7.66. The zero-order valence-corrected chi connectivity index (χ0v) is 14.1. The number of likely N-dealkylation sites (tertiary alicyclic amines) is 1. The molecule has 1 amide bonds. The van der Waals surface area contributed by atoms with Gasteiger partial charge in [0.15, 0.2) is 5.69 Å². The molecule has 2 unspecified atom stereocenters. The molecule has 1 spiro atoms. The van der Waals surface area contributed by atoms with Crippen LogP contribution < -0.4 is 0 Å². The first-order valence-corrected chi connectivity index (χ1v) is 8.46. The van der Waals surface area contributed by atoms with E-state index in [9.17, 15) is 9.90 Å². The first kappa shape index (κ1) is 15.6. The number of ether oxygens (including phenoxy) is 1. The maximum atomic E-state index is 12.9. The largest absolute Gasteiger partial charge is 0.392 e. The van der Waals surface area contributed by atoms with Gasteiger partial charge in [0.25, 0.3) is 5.91 Å². The molecule has 0 bridgehead atoms. The molecule has 0 radical (unpaired) electrons. The average molecular weight is 329 g/mol. The molecule has 24 heavy (non-hydrogen) atoms. The van der Waals surface area contributed by atoms with Gasteiger partial charge in [-0.2, -0.15) is 5.10 Å². The number of nitrogens with one attached hydrogen (secondary N) is 1. The molecule has 4 rings (SSSR count). The highest BCUT2D eigenvalue weighted by Gasteiger charge is 2.63. The van der Waals surface area contributed by atoms with E-state index in [2.05, 4.69) is 17.1 Å². The molecule has 6 heteroatoms. The SMILES string of the molecule is COC1(C)CC(O)C12CCN(C(=O)c1n[nH]c3ccccc13)CC2. The van der Waals surface area contributed by atoms with Gasteiger partial charge in [0.1, 0.15) is 0 Å². The lowest BCUT2D eigenvalue weighted by Crippen LogP contribution is -2.69. The molecule has 2 fully saturated rings. The van der Waals surface area contributed by atoms with Crippen molar-refractivity contribution in [2.24, 2.45) is 5.41 Å². The Morgan fingerprint density at radius 1 is 1.38 bits per heavy atom. The molecule has 6 nitrogen and oxygen atoms in total. The Labute approximate surface area is 140 Å². The van der Waals surface area contributed by atoms with Crippen LogP contribution in [0.3, 0.4) is 0 Å². The Balaban J connectivity index is 1.53. The van der Waals surface area contributed by atoms with Crippen molar-refractivity contribution in [1.29, 1.82) is 0 Å². The van der Waals surface area contributed by atoms with Crippen LogP contribution in [0.5, 0.6) is 0 Å². The summed E-state index contributed by atoms with van der Waals surface area (Å²) >= 11 is 0. The number of piperidine rings is 1. The molecule has 1 saturated heterocycles. The number of nitrogens with zero attached hydrogens (tertiary/aromatic N) is 2. The van der Waals surface area contributed by atoms with Crippen LogP contribution in [-0.4, -0.2) is 58.0 Å². The van der Waals surface area contributed by atoms with Gasteiger partial charge in [-0.15, -0.1) is 0 Å². The molecule has 2 atom stereocenters. The van der Waals surface area contributed by atoms with Crippen molar-refractivity contribution in [3.05, 3.63) is 30.0 Å². The third-order valence-electron chi connectivity index (χ3n) is 6.34. The van der Waals surface area contributed by atoms with Gasteiger partial charge in [0.2, 0.25) is 0 Å². The highest BCUT2D eigenvalue weighted by molar-refractivity contribution is 6.04. The lowest BCUT2D eigenvalue weighted by atomic mass is 9.51. The average Bonchev–Trinajstić information content (AvgIpc) is 3.05. The van der Waals surface area contributed by atoms with Crippen molar-refractivity contribution in [3.8, 4) is 0 Å². The first-order chi connectivity index (χ1) is 11.5. The van der Waals surface area contributed by atoms with E-state index in [1.807, 2.05) is 29.2 Å². The second-order valence-electron chi connectivity index (χ2n) is 7.22. The number of aromatic nitrogens is 2.